The lowest BCUT2D eigenvalue weighted by Crippen LogP contribution is -2.70. The first-order valence-corrected chi connectivity index (χ1v) is 13.1. The molecule has 2 N–H and O–H groups in total. The number of carbonyl (C=O) groups excluding carboxylic acids is 2. The molecule has 0 amide bonds. The summed E-state index contributed by atoms with van der Waals surface area (Å²) in [6, 6.07) is 7.68. The Morgan fingerprint density at radius 2 is 2.00 bits per heavy atom. The number of aliphatic hydroxyl groups is 2. The standard InChI is InChI=1S/C29H33F2NO5/c1-16-5-4-6-18(9-16)32-14-17-10-20-21-12-23(30)22-11-19(34)7-8-26(22,2)28(21,31)24(35)13-27(20,3)29(17,37-32)25(36)15-33/h4-9,11,17,20-21,23-24,33,35H,10,12-15H2,1-3H3/t17-,20-,21-,23-,24-,26-,27-,28-,29-/m0/s1. The Morgan fingerprint density at radius 1 is 1.24 bits per heavy atom. The van der Waals surface area contributed by atoms with Gasteiger partial charge in [0.15, 0.2) is 22.8 Å². The number of aliphatic hydroxyl groups excluding tert-OH is 2. The predicted molar refractivity (Wildman–Crippen MR) is 132 cm³/mol. The predicted octanol–water partition coefficient (Wildman–Crippen LogP) is 3.59. The highest BCUT2D eigenvalue weighted by molar-refractivity contribution is 6.01. The lowest BCUT2D eigenvalue weighted by molar-refractivity contribution is -0.228. The molecule has 0 bridgehead atoms. The molecule has 1 aliphatic heterocycles. The smallest absolute Gasteiger partial charge is 0.193 e. The highest BCUT2D eigenvalue weighted by Crippen LogP contribution is 2.72. The molecular weight excluding hydrogens is 480 g/mol. The largest absolute Gasteiger partial charge is 0.390 e. The average Bonchev–Trinajstić information content (AvgIpc) is 3.35. The van der Waals surface area contributed by atoms with Gasteiger partial charge in [-0.2, -0.15) is 0 Å². The van der Waals surface area contributed by atoms with Gasteiger partial charge >= 0.3 is 0 Å². The summed E-state index contributed by atoms with van der Waals surface area (Å²) >= 11 is 0. The van der Waals surface area contributed by atoms with E-state index in [1.54, 1.807) is 12.0 Å². The number of fused-ring (bicyclic) bond motifs is 7. The van der Waals surface area contributed by atoms with E-state index in [1.807, 2.05) is 38.1 Å². The first kappa shape index (κ1) is 24.9. The van der Waals surface area contributed by atoms with Gasteiger partial charge in [0, 0.05) is 22.7 Å². The zero-order chi connectivity index (χ0) is 26.5. The minimum Gasteiger partial charge on any atom is -0.390 e. The number of hydrogen-bond acceptors (Lipinski definition) is 6. The second kappa shape index (κ2) is 7.80. The van der Waals surface area contributed by atoms with Gasteiger partial charge in [-0.25, -0.2) is 8.78 Å². The van der Waals surface area contributed by atoms with Crippen molar-refractivity contribution in [3.05, 3.63) is 53.6 Å². The minimum atomic E-state index is -2.22. The molecule has 3 saturated carbocycles. The van der Waals surface area contributed by atoms with Crippen molar-refractivity contribution in [2.75, 3.05) is 18.2 Å². The van der Waals surface area contributed by atoms with Crippen molar-refractivity contribution in [2.45, 2.75) is 63.6 Å². The third-order valence-electron chi connectivity index (χ3n) is 10.5. The molecule has 1 aromatic carbocycles. The first-order chi connectivity index (χ1) is 17.4. The van der Waals surface area contributed by atoms with Crippen LogP contribution in [0.2, 0.25) is 0 Å². The van der Waals surface area contributed by atoms with Crippen molar-refractivity contribution in [1.82, 2.24) is 0 Å². The highest BCUT2D eigenvalue weighted by atomic mass is 19.1. The van der Waals surface area contributed by atoms with Crippen LogP contribution in [-0.4, -0.2) is 58.5 Å². The molecule has 6 nitrogen and oxygen atoms in total. The summed E-state index contributed by atoms with van der Waals surface area (Å²) in [7, 11) is 0. The maximum Gasteiger partial charge on any atom is 0.193 e. The zero-order valence-corrected chi connectivity index (χ0v) is 21.3. The van der Waals surface area contributed by atoms with Crippen LogP contribution in [0.5, 0.6) is 0 Å². The summed E-state index contributed by atoms with van der Waals surface area (Å²) in [5.41, 5.74) is -4.35. The Balaban J connectivity index is 1.45. The van der Waals surface area contributed by atoms with Crippen LogP contribution in [0.3, 0.4) is 0 Å². The molecule has 37 heavy (non-hydrogen) atoms. The number of nitrogens with zero attached hydrogens (tertiary/aromatic N) is 1. The van der Waals surface area contributed by atoms with Crippen molar-refractivity contribution >= 4 is 17.3 Å². The Labute approximate surface area is 214 Å². The lowest BCUT2D eigenvalue weighted by atomic mass is 9.44. The average molecular weight is 514 g/mol. The van der Waals surface area contributed by atoms with Crippen LogP contribution in [0.4, 0.5) is 14.5 Å². The molecule has 0 unspecified atom stereocenters. The maximum absolute atomic E-state index is 17.4. The SMILES string of the molecule is Cc1cccc(N2C[C@@H]3C[C@H]4[C@@H]5C[C@H](F)C6=CC(=O)C=C[C@]6(C)[C@@]5(F)[C@@H](O)C[C@]4(C)[C@]3(C(=O)CO)O2)c1. The van der Waals surface area contributed by atoms with Gasteiger partial charge in [-0.05, 0) is 74.4 Å². The number of ketones is 2. The zero-order valence-electron chi connectivity index (χ0n) is 21.3. The molecule has 0 spiro atoms. The van der Waals surface area contributed by atoms with E-state index in [9.17, 15) is 19.8 Å². The summed E-state index contributed by atoms with van der Waals surface area (Å²) in [6.07, 6.45) is 0.890. The molecule has 198 valence electrons. The lowest BCUT2D eigenvalue weighted by Gasteiger charge is -2.63. The topological polar surface area (TPSA) is 87.1 Å². The number of anilines is 1. The minimum absolute atomic E-state index is 0.0719. The van der Waals surface area contributed by atoms with Crippen LogP contribution in [0.1, 0.15) is 38.7 Å². The molecule has 4 aliphatic carbocycles. The van der Waals surface area contributed by atoms with Gasteiger partial charge in [0.05, 0.1) is 18.3 Å². The number of allylic oxidation sites excluding steroid dienone is 4. The van der Waals surface area contributed by atoms with Crippen LogP contribution >= 0.6 is 0 Å². The van der Waals surface area contributed by atoms with E-state index >= 15 is 8.78 Å². The number of benzene rings is 1. The molecule has 1 heterocycles. The molecule has 0 aromatic heterocycles. The van der Waals surface area contributed by atoms with Crippen molar-refractivity contribution in [2.24, 2.45) is 28.6 Å². The number of halogens is 2. The number of aryl methyl sites for hydroxylation is 1. The molecule has 6 rings (SSSR count). The number of hydrogen-bond donors (Lipinski definition) is 2. The summed E-state index contributed by atoms with van der Waals surface area (Å²) in [5, 5.41) is 23.3. The summed E-state index contributed by atoms with van der Waals surface area (Å²) in [4.78, 5) is 32.1. The van der Waals surface area contributed by atoms with E-state index in [1.165, 1.54) is 18.2 Å². The molecule has 4 fully saturated rings. The monoisotopic (exact) mass is 513 g/mol. The van der Waals surface area contributed by atoms with Crippen molar-refractivity contribution in [1.29, 1.82) is 0 Å². The van der Waals surface area contributed by atoms with E-state index < -0.39 is 58.6 Å². The number of Topliss-reactive ketones (excluding diaryl/α,β-unsaturated/α-hetero) is 1. The van der Waals surface area contributed by atoms with E-state index in [0.29, 0.717) is 13.0 Å². The fraction of sp³-hybridized carbons (Fsp3) is 0.586. The fourth-order valence-corrected chi connectivity index (χ4v) is 8.80. The van der Waals surface area contributed by atoms with Crippen LogP contribution in [0.15, 0.2) is 48.1 Å². The van der Waals surface area contributed by atoms with E-state index in [-0.39, 0.29) is 30.1 Å². The molecule has 0 radical (unpaired) electrons. The quantitative estimate of drug-likeness (QED) is 0.643. The van der Waals surface area contributed by atoms with Gasteiger partial charge in [-0.1, -0.05) is 25.1 Å². The van der Waals surface area contributed by atoms with Crippen molar-refractivity contribution < 1.29 is 33.4 Å². The van der Waals surface area contributed by atoms with Gasteiger partial charge in [0.25, 0.3) is 0 Å². The molecule has 1 aromatic rings. The number of rotatable bonds is 3. The molecule has 8 heteroatoms. The van der Waals surface area contributed by atoms with Crippen LogP contribution in [-0.2, 0) is 14.4 Å². The van der Waals surface area contributed by atoms with E-state index in [0.717, 1.165) is 11.3 Å². The first-order valence-electron chi connectivity index (χ1n) is 13.1. The van der Waals surface area contributed by atoms with Gasteiger partial charge in [-0.3, -0.25) is 19.5 Å². The van der Waals surface area contributed by atoms with Crippen molar-refractivity contribution in [3.63, 3.8) is 0 Å². The number of hydroxylamine groups is 1. The van der Waals surface area contributed by atoms with Crippen LogP contribution in [0.25, 0.3) is 0 Å². The van der Waals surface area contributed by atoms with Crippen LogP contribution < -0.4 is 5.06 Å². The highest BCUT2D eigenvalue weighted by Gasteiger charge is 2.79. The second-order valence-corrected chi connectivity index (χ2v) is 12.1. The fourth-order valence-electron chi connectivity index (χ4n) is 8.80. The van der Waals surface area contributed by atoms with Gasteiger partial charge < -0.3 is 10.2 Å². The number of alkyl halides is 2. The summed E-state index contributed by atoms with van der Waals surface area (Å²) < 4.78 is 33.1. The number of carbonyl (C=O) groups is 2. The third-order valence-corrected chi connectivity index (χ3v) is 10.5. The Kier molecular flexibility index (Phi) is 5.25. The summed E-state index contributed by atoms with van der Waals surface area (Å²) in [5.74, 6) is -2.63. The van der Waals surface area contributed by atoms with Crippen LogP contribution in [0, 0.1) is 35.5 Å². The van der Waals surface area contributed by atoms with Gasteiger partial charge in [-0.15, -0.1) is 0 Å². The normalized spacial score (nSPS) is 46.1. The summed E-state index contributed by atoms with van der Waals surface area (Å²) in [6.45, 7) is 4.96. The maximum atomic E-state index is 17.4. The molecule has 1 saturated heterocycles. The van der Waals surface area contributed by atoms with Gasteiger partial charge in [0.1, 0.15) is 12.8 Å². The third kappa shape index (κ3) is 2.89. The van der Waals surface area contributed by atoms with E-state index in [2.05, 4.69) is 0 Å². The van der Waals surface area contributed by atoms with E-state index in [4.69, 9.17) is 4.84 Å². The second-order valence-electron chi connectivity index (χ2n) is 12.1. The Morgan fingerprint density at radius 3 is 2.70 bits per heavy atom. The Bertz CT molecular complexity index is 1250. The molecule has 9 atom stereocenters. The van der Waals surface area contributed by atoms with Crippen molar-refractivity contribution in [3.8, 4) is 0 Å². The van der Waals surface area contributed by atoms with Gasteiger partial charge in [0.2, 0.25) is 0 Å². The Hall–Kier alpha value is -2.42. The molecular formula is C29H33F2NO5. The molecule has 5 aliphatic rings.